The van der Waals surface area contributed by atoms with Crippen LogP contribution >= 0.6 is 11.3 Å². The molecule has 0 aliphatic carbocycles. The van der Waals surface area contributed by atoms with Gasteiger partial charge in [-0.05, 0) is 37.2 Å². The zero-order valence-corrected chi connectivity index (χ0v) is 21.6. The number of alkyl halides is 3. The van der Waals surface area contributed by atoms with Crippen LogP contribution in [0.1, 0.15) is 51.5 Å². The number of carbonyl (C=O) groups is 3. The Morgan fingerprint density at radius 1 is 1.19 bits per heavy atom. The highest BCUT2D eigenvalue weighted by molar-refractivity contribution is 7.13. The fraction of sp³-hybridized carbons (Fsp3) is 0.520. The smallest absolute Gasteiger partial charge is 0.344 e. The predicted octanol–water partition coefficient (Wildman–Crippen LogP) is 4.81. The van der Waals surface area contributed by atoms with Gasteiger partial charge in [0, 0.05) is 18.0 Å². The normalized spacial score (nSPS) is 14.8. The van der Waals surface area contributed by atoms with Gasteiger partial charge in [0.15, 0.2) is 5.13 Å². The summed E-state index contributed by atoms with van der Waals surface area (Å²) in [6, 6.07) is 6.92. The predicted molar refractivity (Wildman–Crippen MR) is 134 cm³/mol. The van der Waals surface area contributed by atoms with Gasteiger partial charge in [0.2, 0.25) is 18.2 Å². The Morgan fingerprint density at radius 2 is 1.89 bits per heavy atom. The maximum Gasteiger partial charge on any atom is 0.389 e. The number of halogens is 3. The monoisotopic (exact) mass is 542 g/mol. The van der Waals surface area contributed by atoms with E-state index in [0.29, 0.717) is 24.4 Å². The van der Waals surface area contributed by atoms with Gasteiger partial charge < -0.3 is 10.6 Å². The average Bonchev–Trinajstić information content (AvgIpc) is 3.38. The maximum absolute atomic E-state index is 13.5. The summed E-state index contributed by atoms with van der Waals surface area (Å²) in [5.41, 5.74) is 0.977. The van der Waals surface area contributed by atoms with Crippen molar-refractivity contribution in [3.05, 3.63) is 47.5 Å². The summed E-state index contributed by atoms with van der Waals surface area (Å²) in [7, 11) is 0. The van der Waals surface area contributed by atoms with Crippen LogP contribution in [0, 0.1) is 11.8 Å². The van der Waals surface area contributed by atoms with Crippen molar-refractivity contribution in [1.82, 2.24) is 15.4 Å². The first-order chi connectivity index (χ1) is 17.6. The number of rotatable bonds is 15. The lowest BCUT2D eigenvalue weighted by Gasteiger charge is -2.32. The minimum Gasteiger partial charge on any atom is -0.344 e. The van der Waals surface area contributed by atoms with E-state index in [1.807, 2.05) is 37.3 Å². The first-order valence-electron chi connectivity index (χ1n) is 12.1. The lowest BCUT2D eigenvalue weighted by Crippen LogP contribution is -2.53. The Kier molecular flexibility index (Phi) is 12.0. The topological polar surface area (TPSA) is 112 Å². The highest BCUT2D eigenvalue weighted by Crippen LogP contribution is 2.28. The van der Waals surface area contributed by atoms with Crippen molar-refractivity contribution in [2.75, 3.05) is 5.32 Å². The van der Waals surface area contributed by atoms with Crippen LogP contribution in [0.15, 0.2) is 41.9 Å². The minimum absolute atomic E-state index is 0.000162. The molecule has 1 heterocycles. The van der Waals surface area contributed by atoms with Gasteiger partial charge in [-0.1, -0.05) is 50.6 Å². The lowest BCUT2D eigenvalue weighted by atomic mass is 9.87. The third kappa shape index (κ3) is 10.1. The Morgan fingerprint density at radius 3 is 2.46 bits per heavy atom. The molecule has 2 rings (SSSR count). The summed E-state index contributed by atoms with van der Waals surface area (Å²) >= 11 is 1.20. The van der Waals surface area contributed by atoms with Gasteiger partial charge in [-0.2, -0.15) is 13.2 Å². The Balaban J connectivity index is 2.26. The summed E-state index contributed by atoms with van der Waals surface area (Å²) in [4.78, 5) is 41.8. The molecule has 1 aromatic heterocycles. The van der Waals surface area contributed by atoms with E-state index >= 15 is 0 Å². The molecule has 1 aromatic carbocycles. The van der Waals surface area contributed by atoms with Gasteiger partial charge in [-0.25, -0.2) is 10.0 Å². The minimum atomic E-state index is -4.54. The van der Waals surface area contributed by atoms with Crippen LogP contribution < -0.4 is 10.6 Å². The van der Waals surface area contributed by atoms with Crippen LogP contribution in [-0.2, 0) is 20.8 Å². The lowest BCUT2D eigenvalue weighted by molar-refractivity contribution is -0.178. The SMILES string of the molecule is CC[C@H](C)[C@H](NC(=O)[C@H](CCCc1ccccc1)[C@H](CCC(F)(F)F)N(O)C=O)C(=O)Nc1nccs1. The fourth-order valence-corrected chi connectivity index (χ4v) is 4.54. The molecule has 3 N–H and O–H groups in total. The van der Waals surface area contributed by atoms with Gasteiger partial charge in [0.05, 0.1) is 12.0 Å². The summed E-state index contributed by atoms with van der Waals surface area (Å²) in [5.74, 6) is -2.70. The maximum atomic E-state index is 13.5. The second kappa shape index (κ2) is 14.7. The average molecular weight is 543 g/mol. The van der Waals surface area contributed by atoms with E-state index in [-0.39, 0.29) is 23.8 Å². The van der Waals surface area contributed by atoms with Crippen LogP contribution in [0.3, 0.4) is 0 Å². The molecule has 0 aliphatic rings. The summed E-state index contributed by atoms with van der Waals surface area (Å²) in [6.07, 6.45) is -3.40. The molecule has 2 aromatic rings. The molecule has 0 fully saturated rings. The number of anilines is 1. The largest absolute Gasteiger partial charge is 0.389 e. The zero-order chi connectivity index (χ0) is 27.4. The quantitative estimate of drug-likeness (QED) is 0.170. The number of hydroxylamine groups is 2. The van der Waals surface area contributed by atoms with Crippen molar-refractivity contribution in [3.63, 3.8) is 0 Å². The third-order valence-electron chi connectivity index (χ3n) is 6.25. The number of hydrogen-bond acceptors (Lipinski definition) is 6. The Hall–Kier alpha value is -2.99. The molecule has 12 heteroatoms. The number of nitrogens with zero attached hydrogens (tertiary/aromatic N) is 2. The standard InChI is InChI=1S/C25H33F3N4O4S/c1-3-17(2)21(23(35)31-24-29-14-15-37-24)30-22(34)19(11-7-10-18-8-5-4-6-9-18)20(32(36)16-33)12-13-25(26,27)28/h4-6,8-9,14-17,19-21,36H,3,7,10-13H2,1-2H3,(H,30,34)(H,29,31,35)/t17-,19+,20-,21-/m0/s1. The second-order valence-corrected chi connectivity index (χ2v) is 9.78. The number of aryl methyl sites for hydroxylation is 1. The van der Waals surface area contributed by atoms with E-state index in [1.54, 1.807) is 12.3 Å². The molecular weight excluding hydrogens is 509 g/mol. The van der Waals surface area contributed by atoms with E-state index < -0.39 is 48.8 Å². The molecule has 0 saturated carbocycles. The molecule has 0 saturated heterocycles. The Labute approximate surface area is 218 Å². The van der Waals surface area contributed by atoms with Crippen LogP contribution in [0.4, 0.5) is 18.3 Å². The van der Waals surface area contributed by atoms with E-state index in [0.717, 1.165) is 5.56 Å². The fourth-order valence-electron chi connectivity index (χ4n) is 4.01. The summed E-state index contributed by atoms with van der Waals surface area (Å²) < 4.78 is 39.1. The molecule has 204 valence electrons. The highest BCUT2D eigenvalue weighted by Gasteiger charge is 2.38. The molecule has 0 aliphatic heterocycles. The first-order valence-corrected chi connectivity index (χ1v) is 13.0. The molecule has 0 bridgehead atoms. The van der Waals surface area contributed by atoms with Crippen molar-refractivity contribution in [1.29, 1.82) is 0 Å². The molecule has 0 radical (unpaired) electrons. The Bertz CT molecular complexity index is 976. The summed E-state index contributed by atoms with van der Waals surface area (Å²) in [5, 5.41) is 17.6. The van der Waals surface area contributed by atoms with Crippen molar-refractivity contribution in [2.24, 2.45) is 11.8 Å². The summed E-state index contributed by atoms with van der Waals surface area (Å²) in [6.45, 7) is 3.60. The molecule has 0 unspecified atom stereocenters. The van der Waals surface area contributed by atoms with Gasteiger partial charge in [-0.3, -0.25) is 19.6 Å². The van der Waals surface area contributed by atoms with Gasteiger partial charge in [0.25, 0.3) is 0 Å². The number of carbonyl (C=O) groups excluding carboxylic acids is 3. The number of nitrogens with one attached hydrogen (secondary N) is 2. The highest BCUT2D eigenvalue weighted by atomic mass is 32.1. The number of amides is 3. The molecule has 0 spiro atoms. The van der Waals surface area contributed by atoms with Gasteiger partial charge >= 0.3 is 6.18 Å². The van der Waals surface area contributed by atoms with Gasteiger partial charge in [0.1, 0.15) is 6.04 Å². The molecule has 8 nitrogen and oxygen atoms in total. The number of hydrogen-bond donors (Lipinski definition) is 3. The molecule has 37 heavy (non-hydrogen) atoms. The number of benzene rings is 1. The first kappa shape index (κ1) is 30.2. The van der Waals surface area contributed by atoms with Crippen molar-refractivity contribution in [2.45, 2.75) is 70.6 Å². The van der Waals surface area contributed by atoms with Crippen molar-refractivity contribution < 1.29 is 32.8 Å². The van der Waals surface area contributed by atoms with Crippen LogP contribution in [0.5, 0.6) is 0 Å². The number of aromatic nitrogens is 1. The van der Waals surface area contributed by atoms with Gasteiger partial charge in [-0.15, -0.1) is 11.3 Å². The van der Waals surface area contributed by atoms with Crippen LogP contribution in [-0.4, -0.2) is 51.7 Å². The van der Waals surface area contributed by atoms with Crippen LogP contribution in [0.2, 0.25) is 0 Å². The van der Waals surface area contributed by atoms with E-state index in [9.17, 15) is 32.8 Å². The van der Waals surface area contributed by atoms with Crippen molar-refractivity contribution in [3.8, 4) is 0 Å². The van der Waals surface area contributed by atoms with E-state index in [4.69, 9.17) is 0 Å². The third-order valence-corrected chi connectivity index (χ3v) is 6.94. The van der Waals surface area contributed by atoms with Crippen LogP contribution in [0.25, 0.3) is 0 Å². The number of thiazole rings is 1. The van der Waals surface area contributed by atoms with E-state index in [2.05, 4.69) is 15.6 Å². The second-order valence-electron chi connectivity index (χ2n) is 8.89. The molecule has 4 atom stereocenters. The molecular formula is C25H33F3N4O4S. The zero-order valence-electron chi connectivity index (χ0n) is 20.8. The van der Waals surface area contributed by atoms with Crippen molar-refractivity contribution >= 4 is 34.7 Å². The molecule has 3 amide bonds. The van der Waals surface area contributed by atoms with E-state index in [1.165, 1.54) is 17.5 Å².